The number of terminal acetylenes is 1. The van der Waals surface area contributed by atoms with Crippen molar-refractivity contribution in [3.05, 3.63) is 22.2 Å². The summed E-state index contributed by atoms with van der Waals surface area (Å²) in [6, 6.07) is 0. The lowest BCUT2D eigenvalue weighted by Crippen LogP contribution is -2.36. The fraction of sp³-hybridized carbons (Fsp3) is 0.455. The first-order chi connectivity index (χ1) is 8.99. The molecule has 1 aliphatic heterocycles. The highest BCUT2D eigenvalue weighted by atomic mass is 16.6. The molecule has 0 radical (unpaired) electrons. The fourth-order valence-electron chi connectivity index (χ4n) is 1.88. The minimum Gasteiger partial charge on any atom is -0.394 e. The molecule has 19 heavy (non-hydrogen) atoms. The molecule has 0 amide bonds. The van der Waals surface area contributed by atoms with Crippen LogP contribution in [-0.4, -0.2) is 49.8 Å². The SMILES string of the molecule is C#Cc1cn([C@@H]2O[C@H](CO)[C@H](O)[C@H]2O)c(=O)nc1N. The third-order valence-corrected chi connectivity index (χ3v) is 2.93. The number of aliphatic hydroxyl groups excluding tert-OH is 3. The summed E-state index contributed by atoms with van der Waals surface area (Å²) in [7, 11) is 0. The maximum Gasteiger partial charge on any atom is 0.351 e. The zero-order valence-corrected chi connectivity index (χ0v) is 9.80. The summed E-state index contributed by atoms with van der Waals surface area (Å²) < 4.78 is 6.14. The first kappa shape index (κ1) is 13.5. The number of aromatic nitrogens is 2. The van der Waals surface area contributed by atoms with Gasteiger partial charge in [0.05, 0.1) is 12.2 Å². The molecule has 8 nitrogen and oxygen atoms in total. The molecule has 8 heteroatoms. The van der Waals surface area contributed by atoms with Crippen LogP contribution in [0, 0.1) is 12.3 Å². The predicted octanol–water partition coefficient (Wildman–Crippen LogP) is -2.58. The van der Waals surface area contributed by atoms with Crippen molar-refractivity contribution in [3.8, 4) is 12.3 Å². The summed E-state index contributed by atoms with van der Waals surface area (Å²) in [5, 5.41) is 28.4. The van der Waals surface area contributed by atoms with Crippen LogP contribution in [0.3, 0.4) is 0 Å². The highest BCUT2D eigenvalue weighted by molar-refractivity contribution is 5.47. The molecule has 1 fully saturated rings. The molecule has 0 saturated carbocycles. The minimum atomic E-state index is -1.38. The average molecular weight is 267 g/mol. The summed E-state index contributed by atoms with van der Waals surface area (Å²) in [4.78, 5) is 15.2. The highest BCUT2D eigenvalue weighted by Gasteiger charge is 2.43. The van der Waals surface area contributed by atoms with Gasteiger partial charge in [-0.15, -0.1) is 6.42 Å². The van der Waals surface area contributed by atoms with Crippen molar-refractivity contribution in [2.24, 2.45) is 0 Å². The van der Waals surface area contributed by atoms with Crippen LogP contribution in [0.15, 0.2) is 11.0 Å². The van der Waals surface area contributed by atoms with Gasteiger partial charge in [0.15, 0.2) is 6.23 Å². The minimum absolute atomic E-state index is 0.101. The Kier molecular flexibility index (Phi) is 3.55. The molecular formula is C11H13N3O5. The van der Waals surface area contributed by atoms with Gasteiger partial charge < -0.3 is 25.8 Å². The van der Waals surface area contributed by atoms with E-state index in [1.54, 1.807) is 0 Å². The molecule has 1 aromatic rings. The Morgan fingerprint density at radius 2 is 2.21 bits per heavy atom. The van der Waals surface area contributed by atoms with Gasteiger partial charge in [0.2, 0.25) is 0 Å². The largest absolute Gasteiger partial charge is 0.394 e. The van der Waals surface area contributed by atoms with Gasteiger partial charge in [0.1, 0.15) is 24.1 Å². The van der Waals surface area contributed by atoms with E-state index in [2.05, 4.69) is 10.9 Å². The molecule has 1 aliphatic rings. The number of rotatable bonds is 2. The second kappa shape index (κ2) is 4.99. The van der Waals surface area contributed by atoms with Gasteiger partial charge in [-0.2, -0.15) is 4.98 Å². The van der Waals surface area contributed by atoms with Gasteiger partial charge in [0, 0.05) is 6.20 Å². The number of anilines is 1. The van der Waals surface area contributed by atoms with E-state index in [0.29, 0.717) is 0 Å². The van der Waals surface area contributed by atoms with Crippen molar-refractivity contribution >= 4 is 5.82 Å². The second-order valence-corrected chi connectivity index (χ2v) is 4.10. The molecule has 0 aliphatic carbocycles. The molecule has 1 saturated heterocycles. The molecule has 0 spiro atoms. The van der Waals surface area contributed by atoms with E-state index in [0.717, 1.165) is 4.57 Å². The van der Waals surface area contributed by atoms with Gasteiger partial charge in [-0.05, 0) is 0 Å². The average Bonchev–Trinajstić information content (AvgIpc) is 2.67. The number of ether oxygens (including phenoxy) is 1. The number of hydrogen-bond acceptors (Lipinski definition) is 7. The number of hydrogen-bond donors (Lipinski definition) is 4. The lowest BCUT2D eigenvalue weighted by molar-refractivity contribution is -0.0549. The smallest absolute Gasteiger partial charge is 0.351 e. The van der Waals surface area contributed by atoms with Crippen molar-refractivity contribution in [1.82, 2.24) is 9.55 Å². The van der Waals surface area contributed by atoms with Crippen molar-refractivity contribution in [3.63, 3.8) is 0 Å². The van der Waals surface area contributed by atoms with Crippen LogP contribution in [-0.2, 0) is 4.74 Å². The van der Waals surface area contributed by atoms with E-state index in [1.165, 1.54) is 6.20 Å². The van der Waals surface area contributed by atoms with Gasteiger partial charge in [0.25, 0.3) is 0 Å². The van der Waals surface area contributed by atoms with Crippen molar-refractivity contribution in [2.75, 3.05) is 12.3 Å². The molecule has 0 unspecified atom stereocenters. The predicted molar refractivity (Wildman–Crippen MR) is 63.9 cm³/mol. The Labute approximate surface area is 108 Å². The Morgan fingerprint density at radius 1 is 1.53 bits per heavy atom. The Balaban J connectivity index is 2.44. The zero-order chi connectivity index (χ0) is 14.2. The highest BCUT2D eigenvalue weighted by Crippen LogP contribution is 2.28. The van der Waals surface area contributed by atoms with E-state index in [-0.39, 0.29) is 11.4 Å². The lowest BCUT2D eigenvalue weighted by atomic mass is 10.1. The Bertz CT molecular complexity index is 579. The molecule has 0 aromatic carbocycles. The third kappa shape index (κ3) is 2.20. The third-order valence-electron chi connectivity index (χ3n) is 2.93. The van der Waals surface area contributed by atoms with Crippen LogP contribution in [0.1, 0.15) is 11.8 Å². The molecular weight excluding hydrogens is 254 g/mol. The van der Waals surface area contributed by atoms with Gasteiger partial charge >= 0.3 is 5.69 Å². The molecule has 5 N–H and O–H groups in total. The van der Waals surface area contributed by atoms with Crippen LogP contribution < -0.4 is 11.4 Å². The molecule has 2 rings (SSSR count). The number of nitrogens with zero attached hydrogens (tertiary/aromatic N) is 2. The lowest BCUT2D eigenvalue weighted by Gasteiger charge is -2.17. The summed E-state index contributed by atoms with van der Waals surface area (Å²) in [6.07, 6.45) is 1.56. The van der Waals surface area contributed by atoms with Gasteiger partial charge in [-0.25, -0.2) is 4.79 Å². The number of aliphatic hydroxyl groups is 3. The summed E-state index contributed by atoms with van der Waals surface area (Å²) in [5.74, 6) is 2.14. The van der Waals surface area contributed by atoms with Gasteiger partial charge in [-0.3, -0.25) is 4.57 Å². The first-order valence-corrected chi connectivity index (χ1v) is 5.47. The standard InChI is InChI=1S/C11H13N3O5/c1-2-5-3-14(11(18)13-9(5)12)10-8(17)7(16)6(4-15)19-10/h1,3,6-8,10,15-17H,4H2,(H2,12,13,18)/t6-,7+,8-,10-/m1/s1. The van der Waals surface area contributed by atoms with Crippen molar-refractivity contribution in [2.45, 2.75) is 24.5 Å². The number of nitrogen functional groups attached to an aromatic ring is 1. The quantitative estimate of drug-likeness (QED) is 0.433. The molecule has 2 heterocycles. The van der Waals surface area contributed by atoms with Crippen LogP contribution in [0.4, 0.5) is 5.82 Å². The van der Waals surface area contributed by atoms with E-state index in [4.69, 9.17) is 22.0 Å². The number of nitrogens with two attached hydrogens (primary N) is 1. The molecule has 4 atom stereocenters. The summed E-state index contributed by atoms with van der Waals surface area (Å²) in [6.45, 7) is -0.492. The monoisotopic (exact) mass is 267 g/mol. The van der Waals surface area contributed by atoms with Crippen molar-refractivity contribution < 1.29 is 20.1 Å². The fourth-order valence-corrected chi connectivity index (χ4v) is 1.88. The topological polar surface area (TPSA) is 131 Å². The van der Waals surface area contributed by atoms with E-state index in [1.807, 2.05) is 0 Å². The zero-order valence-electron chi connectivity index (χ0n) is 9.80. The van der Waals surface area contributed by atoms with Crippen LogP contribution in [0.25, 0.3) is 0 Å². The second-order valence-electron chi connectivity index (χ2n) is 4.10. The maximum atomic E-state index is 11.7. The van der Waals surface area contributed by atoms with Gasteiger partial charge in [-0.1, -0.05) is 5.92 Å². The Morgan fingerprint density at radius 3 is 2.74 bits per heavy atom. The Hall–Kier alpha value is -1.92. The van der Waals surface area contributed by atoms with E-state index in [9.17, 15) is 15.0 Å². The molecule has 102 valence electrons. The normalized spacial score (nSPS) is 30.2. The van der Waals surface area contributed by atoms with E-state index >= 15 is 0 Å². The maximum absolute atomic E-state index is 11.7. The molecule has 1 aromatic heterocycles. The summed E-state index contributed by atoms with van der Waals surface area (Å²) >= 11 is 0. The van der Waals surface area contributed by atoms with E-state index < -0.39 is 36.8 Å². The van der Waals surface area contributed by atoms with Crippen LogP contribution in [0.2, 0.25) is 0 Å². The molecule has 0 bridgehead atoms. The van der Waals surface area contributed by atoms with Crippen LogP contribution >= 0.6 is 0 Å². The van der Waals surface area contributed by atoms with Crippen molar-refractivity contribution in [1.29, 1.82) is 0 Å². The summed E-state index contributed by atoms with van der Waals surface area (Å²) in [5.41, 5.74) is 4.85. The van der Waals surface area contributed by atoms with Crippen LogP contribution in [0.5, 0.6) is 0 Å². The first-order valence-electron chi connectivity index (χ1n) is 5.47.